The number of benzene rings is 1. The molecule has 1 rings (SSSR count). The number of anilines is 2. The minimum Gasteiger partial charge on any atom is -0.399 e. The first-order valence-electron chi connectivity index (χ1n) is 5.44. The maximum Gasteiger partial charge on any atom is 0.210 e. The molecule has 5 nitrogen and oxygen atoms in total. The Kier molecular flexibility index (Phi) is 4.36. The molecule has 4 N–H and O–H groups in total. The number of hydrogen-bond acceptors (Lipinski definition) is 4. The normalized spacial score (nSPS) is 13.4. The summed E-state index contributed by atoms with van der Waals surface area (Å²) in [5.41, 5.74) is 8.43. The molecule has 0 fully saturated rings. The molecule has 0 spiro atoms. The fourth-order valence-corrected chi connectivity index (χ4v) is 2.30. The van der Waals surface area contributed by atoms with E-state index in [4.69, 9.17) is 5.73 Å². The van der Waals surface area contributed by atoms with Gasteiger partial charge >= 0.3 is 0 Å². The Labute approximate surface area is 102 Å². The Hall–Kier alpha value is -1.27. The molecule has 1 aromatic rings. The number of nitrogens with one attached hydrogen (secondary N) is 2. The molecule has 96 valence electrons. The molecular weight excluding hydrogens is 238 g/mol. The summed E-state index contributed by atoms with van der Waals surface area (Å²) in [6, 6.07) is 5.57. The lowest BCUT2D eigenvalue weighted by Gasteiger charge is -2.16. The standard InChI is InChI=1S/C11H19N3O2S/c1-4-9-7-10(5-6-11(9)12)13-8(2)14-17(3,15)16/h5-8,13-14H,4,12H2,1-3H3. The third-order valence-corrected chi connectivity index (χ3v) is 3.08. The lowest BCUT2D eigenvalue weighted by Crippen LogP contribution is -2.37. The Morgan fingerprint density at radius 3 is 2.59 bits per heavy atom. The van der Waals surface area contributed by atoms with E-state index in [0.717, 1.165) is 29.6 Å². The maximum atomic E-state index is 11.0. The highest BCUT2D eigenvalue weighted by Gasteiger charge is 2.08. The van der Waals surface area contributed by atoms with Gasteiger partial charge in [0.25, 0.3) is 0 Å². The number of aryl methyl sites for hydroxylation is 1. The molecule has 0 saturated carbocycles. The molecule has 0 saturated heterocycles. The van der Waals surface area contributed by atoms with E-state index in [0.29, 0.717) is 0 Å². The van der Waals surface area contributed by atoms with Crippen LogP contribution in [-0.4, -0.2) is 20.8 Å². The molecular formula is C11H19N3O2S. The van der Waals surface area contributed by atoms with E-state index in [1.54, 1.807) is 6.92 Å². The van der Waals surface area contributed by atoms with Crippen molar-refractivity contribution in [2.75, 3.05) is 17.3 Å². The number of rotatable bonds is 5. The average Bonchev–Trinajstić information content (AvgIpc) is 2.18. The third-order valence-electron chi connectivity index (χ3n) is 2.30. The summed E-state index contributed by atoms with van der Waals surface area (Å²) in [7, 11) is -3.20. The minimum atomic E-state index is -3.20. The maximum absolute atomic E-state index is 11.0. The van der Waals surface area contributed by atoms with E-state index < -0.39 is 10.0 Å². The predicted molar refractivity (Wildman–Crippen MR) is 71.3 cm³/mol. The molecule has 0 aliphatic carbocycles. The molecule has 1 aromatic carbocycles. The van der Waals surface area contributed by atoms with Gasteiger partial charge in [-0.25, -0.2) is 8.42 Å². The van der Waals surface area contributed by atoms with Crippen LogP contribution >= 0.6 is 0 Å². The lowest BCUT2D eigenvalue weighted by molar-refractivity contribution is 0.578. The van der Waals surface area contributed by atoms with Crippen LogP contribution in [0.25, 0.3) is 0 Å². The molecule has 1 unspecified atom stereocenters. The first-order valence-corrected chi connectivity index (χ1v) is 7.33. The topological polar surface area (TPSA) is 84.2 Å². The third kappa shape index (κ3) is 4.62. The molecule has 0 amide bonds. The zero-order chi connectivity index (χ0) is 13.1. The molecule has 0 aliphatic rings. The van der Waals surface area contributed by atoms with Crippen molar-refractivity contribution < 1.29 is 8.42 Å². The van der Waals surface area contributed by atoms with Gasteiger partial charge in [-0.3, -0.25) is 0 Å². The predicted octanol–water partition coefficient (Wildman–Crippen LogP) is 1.14. The van der Waals surface area contributed by atoms with E-state index in [1.807, 2.05) is 25.1 Å². The second-order valence-electron chi connectivity index (χ2n) is 4.02. The zero-order valence-electron chi connectivity index (χ0n) is 10.3. The van der Waals surface area contributed by atoms with Crippen LogP contribution in [0.1, 0.15) is 19.4 Å². The molecule has 0 radical (unpaired) electrons. The fraction of sp³-hybridized carbons (Fsp3) is 0.455. The smallest absolute Gasteiger partial charge is 0.210 e. The lowest BCUT2D eigenvalue weighted by atomic mass is 10.1. The van der Waals surface area contributed by atoms with Crippen LogP contribution in [0, 0.1) is 0 Å². The van der Waals surface area contributed by atoms with Crippen LogP contribution in [0.2, 0.25) is 0 Å². The minimum absolute atomic E-state index is 0.363. The summed E-state index contributed by atoms with van der Waals surface area (Å²) in [5, 5.41) is 3.05. The van der Waals surface area contributed by atoms with Gasteiger partial charge in [-0.15, -0.1) is 0 Å². The van der Waals surface area contributed by atoms with Crippen molar-refractivity contribution in [1.29, 1.82) is 0 Å². The molecule has 1 atom stereocenters. The number of hydrogen-bond donors (Lipinski definition) is 3. The first-order chi connectivity index (χ1) is 7.81. The van der Waals surface area contributed by atoms with Gasteiger partial charge in [0.2, 0.25) is 10.0 Å². The molecule has 0 bridgehead atoms. The van der Waals surface area contributed by atoms with Crippen LogP contribution in [0.5, 0.6) is 0 Å². The number of nitrogen functional groups attached to an aromatic ring is 1. The van der Waals surface area contributed by atoms with Crippen LogP contribution in [-0.2, 0) is 16.4 Å². The Morgan fingerprint density at radius 1 is 1.41 bits per heavy atom. The Bertz CT molecular complexity index is 485. The molecule has 0 aromatic heterocycles. The monoisotopic (exact) mass is 257 g/mol. The number of sulfonamides is 1. The van der Waals surface area contributed by atoms with Crippen molar-refractivity contribution in [3.8, 4) is 0 Å². The Morgan fingerprint density at radius 2 is 2.06 bits per heavy atom. The van der Waals surface area contributed by atoms with Crippen molar-refractivity contribution >= 4 is 21.4 Å². The largest absolute Gasteiger partial charge is 0.399 e. The van der Waals surface area contributed by atoms with Crippen LogP contribution < -0.4 is 15.8 Å². The highest BCUT2D eigenvalue weighted by molar-refractivity contribution is 7.88. The zero-order valence-corrected chi connectivity index (χ0v) is 11.1. The highest BCUT2D eigenvalue weighted by Crippen LogP contribution is 2.18. The van der Waals surface area contributed by atoms with Gasteiger partial charge < -0.3 is 11.1 Å². The second kappa shape index (κ2) is 5.37. The van der Waals surface area contributed by atoms with Crippen molar-refractivity contribution in [2.45, 2.75) is 26.4 Å². The average molecular weight is 257 g/mol. The summed E-state index contributed by atoms with van der Waals surface area (Å²) in [5.74, 6) is 0. The molecule has 6 heteroatoms. The summed E-state index contributed by atoms with van der Waals surface area (Å²) in [4.78, 5) is 0. The number of nitrogens with two attached hydrogens (primary N) is 1. The first kappa shape index (κ1) is 13.8. The summed E-state index contributed by atoms with van der Waals surface area (Å²) >= 11 is 0. The summed E-state index contributed by atoms with van der Waals surface area (Å²) in [6.07, 6.45) is 1.61. The van der Waals surface area contributed by atoms with Gasteiger partial charge in [-0.1, -0.05) is 6.92 Å². The van der Waals surface area contributed by atoms with E-state index >= 15 is 0 Å². The van der Waals surface area contributed by atoms with Gasteiger partial charge in [0, 0.05) is 11.4 Å². The van der Waals surface area contributed by atoms with Crippen molar-refractivity contribution in [1.82, 2.24) is 4.72 Å². The van der Waals surface area contributed by atoms with Gasteiger partial charge in [-0.05, 0) is 37.1 Å². The van der Waals surface area contributed by atoms with Gasteiger partial charge in [0.05, 0.1) is 12.4 Å². The molecule has 17 heavy (non-hydrogen) atoms. The van der Waals surface area contributed by atoms with Crippen LogP contribution in [0.15, 0.2) is 18.2 Å². The quantitative estimate of drug-likeness (QED) is 0.545. The molecule has 0 heterocycles. The van der Waals surface area contributed by atoms with Crippen LogP contribution in [0.3, 0.4) is 0 Å². The van der Waals surface area contributed by atoms with E-state index in [9.17, 15) is 8.42 Å². The summed E-state index contributed by atoms with van der Waals surface area (Å²) in [6.45, 7) is 3.76. The van der Waals surface area contributed by atoms with Crippen molar-refractivity contribution in [3.05, 3.63) is 23.8 Å². The Balaban J connectivity index is 2.75. The van der Waals surface area contributed by atoms with Crippen LogP contribution in [0.4, 0.5) is 11.4 Å². The second-order valence-corrected chi connectivity index (χ2v) is 5.80. The molecule has 0 aliphatic heterocycles. The van der Waals surface area contributed by atoms with E-state index in [1.165, 1.54) is 0 Å². The SMILES string of the molecule is CCc1cc(NC(C)NS(C)(=O)=O)ccc1N. The van der Waals surface area contributed by atoms with E-state index in [2.05, 4.69) is 10.0 Å². The van der Waals surface area contributed by atoms with Crippen molar-refractivity contribution in [2.24, 2.45) is 0 Å². The van der Waals surface area contributed by atoms with Crippen molar-refractivity contribution in [3.63, 3.8) is 0 Å². The highest BCUT2D eigenvalue weighted by atomic mass is 32.2. The van der Waals surface area contributed by atoms with Gasteiger partial charge in [0.1, 0.15) is 0 Å². The van der Waals surface area contributed by atoms with Gasteiger partial charge in [0.15, 0.2) is 0 Å². The van der Waals surface area contributed by atoms with Gasteiger partial charge in [-0.2, -0.15) is 4.72 Å². The fourth-order valence-electron chi connectivity index (χ4n) is 1.60. The van der Waals surface area contributed by atoms with E-state index in [-0.39, 0.29) is 6.17 Å². The summed E-state index contributed by atoms with van der Waals surface area (Å²) < 4.78 is 24.5.